The third-order valence-electron chi connectivity index (χ3n) is 14.2. The molecule has 35 heteroatoms. The maximum absolute atomic E-state index is 13.2. The minimum atomic E-state index is -3.27. The highest BCUT2D eigenvalue weighted by molar-refractivity contribution is 5.76. The molecule has 6 saturated heterocycles. The SMILES string of the molecule is CC(=O)NC1C(O)CC(OC2C(O)C(CO)OC(OC3C(NC(C)=O)C(OC4C(O)C(CO)OC(OC5C(CO)OC(O)C(O)C5O)C4O)OC(CO)C3OC3OC(C)C(O)C(O)C3O)C2O)(C(=O)O)OC1C(O)C(O)CO. The smallest absolute Gasteiger partial charge is 0.364 e. The van der Waals surface area contributed by atoms with Crippen LogP contribution in [0.2, 0.25) is 0 Å². The molecule has 6 aliphatic heterocycles. The van der Waals surface area contributed by atoms with Crippen molar-refractivity contribution in [2.24, 2.45) is 0 Å². The van der Waals surface area contributed by atoms with E-state index in [9.17, 15) is 111 Å². The quantitative estimate of drug-likeness (QED) is 0.0538. The molecule has 31 atom stereocenters. The van der Waals surface area contributed by atoms with Crippen LogP contribution in [0.3, 0.4) is 0 Å². The number of ether oxygens (including phenoxy) is 11. The van der Waals surface area contributed by atoms with Gasteiger partial charge in [-0.15, -0.1) is 0 Å². The van der Waals surface area contributed by atoms with E-state index in [1.165, 1.54) is 6.92 Å². The lowest BCUT2D eigenvalue weighted by Gasteiger charge is -2.52. The molecule has 0 aromatic rings. The number of hydrogen-bond acceptors (Lipinski definition) is 32. The second kappa shape index (κ2) is 27.1. The molecule has 0 aromatic carbocycles. The maximum atomic E-state index is 13.2. The number of aliphatic hydroxyl groups is 18. The van der Waals surface area contributed by atoms with E-state index in [1.807, 2.05) is 0 Å². The molecule has 78 heavy (non-hydrogen) atoms. The fourth-order valence-electron chi connectivity index (χ4n) is 9.96. The average Bonchev–Trinajstić information content (AvgIpc) is 3.50. The molecule has 0 radical (unpaired) electrons. The molecule has 0 saturated carbocycles. The molecule has 6 aliphatic rings. The Balaban J connectivity index is 1.40. The Labute approximate surface area is 441 Å². The number of carboxylic acids is 1. The standard InChI is InChI=1S/C43H72N2O33/c1-10-21(55)25(59)28(62)39(68-10)74-32-18(9-50)72-38(76-35-23(57)15(6-47)70-40(29(35)63)73-31-17(8-49)69-37(65)27(61)26(31)60)20(45-12(3)52)34(32)75-41-30(64)36(24(58)16(7-48)71-41)78-43(42(66)67)4-13(53)19(44-11(2)51)33(77-43)22(56)14(54)5-46/h10,13-41,46-50,53-65H,4-9H2,1-3H3,(H,44,51)(H,45,52)(H,66,67). The molecule has 0 aromatic heterocycles. The van der Waals surface area contributed by atoms with E-state index >= 15 is 0 Å². The van der Waals surface area contributed by atoms with E-state index in [0.29, 0.717) is 0 Å². The van der Waals surface area contributed by atoms with Crippen molar-refractivity contribution in [1.82, 2.24) is 10.6 Å². The van der Waals surface area contributed by atoms with Gasteiger partial charge >= 0.3 is 5.97 Å². The van der Waals surface area contributed by atoms with Crippen LogP contribution in [-0.4, -0.2) is 338 Å². The van der Waals surface area contributed by atoms with Crippen LogP contribution in [0.5, 0.6) is 0 Å². The van der Waals surface area contributed by atoms with Crippen molar-refractivity contribution < 1.29 is 164 Å². The monoisotopic (exact) mass is 1140 g/mol. The number of aliphatic carboxylic acids is 1. The number of rotatable bonds is 20. The van der Waals surface area contributed by atoms with Crippen LogP contribution in [0.1, 0.15) is 27.2 Å². The predicted octanol–water partition coefficient (Wildman–Crippen LogP) is -13.6. The van der Waals surface area contributed by atoms with Crippen molar-refractivity contribution in [1.29, 1.82) is 0 Å². The first kappa shape index (κ1) is 64.4. The van der Waals surface area contributed by atoms with Crippen molar-refractivity contribution in [3.8, 4) is 0 Å². The number of hydrogen-bond donors (Lipinski definition) is 21. The van der Waals surface area contributed by atoms with Crippen LogP contribution in [0.15, 0.2) is 0 Å². The Kier molecular flexibility index (Phi) is 22.4. The second-order valence-corrected chi connectivity index (χ2v) is 19.6. The van der Waals surface area contributed by atoms with Gasteiger partial charge in [0.05, 0.1) is 51.3 Å². The Bertz CT molecular complexity index is 1950. The minimum absolute atomic E-state index is 0.848. The van der Waals surface area contributed by atoms with E-state index in [1.54, 1.807) is 0 Å². The lowest BCUT2D eigenvalue weighted by molar-refractivity contribution is -0.399. The molecular formula is C43H72N2O33. The van der Waals surface area contributed by atoms with Gasteiger partial charge in [0.25, 0.3) is 5.79 Å². The first-order valence-electron chi connectivity index (χ1n) is 24.6. The van der Waals surface area contributed by atoms with E-state index in [4.69, 9.17) is 52.1 Å². The number of nitrogens with one attached hydrogen (secondary N) is 2. The summed E-state index contributed by atoms with van der Waals surface area (Å²) in [6.45, 7) is -2.37. The Hall–Kier alpha value is -2.75. The van der Waals surface area contributed by atoms with Gasteiger partial charge in [0.1, 0.15) is 134 Å². The van der Waals surface area contributed by atoms with Gasteiger partial charge in [0.2, 0.25) is 11.8 Å². The van der Waals surface area contributed by atoms with Crippen LogP contribution in [0.25, 0.3) is 0 Å². The summed E-state index contributed by atoms with van der Waals surface area (Å²) in [4.78, 5) is 38.5. The number of aliphatic hydroxyl groups excluding tert-OH is 18. The van der Waals surface area contributed by atoms with Crippen molar-refractivity contribution in [2.45, 2.75) is 217 Å². The molecule has 6 fully saturated rings. The molecule has 35 nitrogen and oxygen atoms in total. The normalized spacial score (nSPS) is 48.1. The molecule has 452 valence electrons. The van der Waals surface area contributed by atoms with Crippen molar-refractivity contribution in [3.05, 3.63) is 0 Å². The van der Waals surface area contributed by atoms with E-state index in [2.05, 4.69) is 10.6 Å². The lowest BCUT2D eigenvalue weighted by atomic mass is 9.88. The Morgan fingerprint density at radius 1 is 0.526 bits per heavy atom. The summed E-state index contributed by atoms with van der Waals surface area (Å²) in [6.07, 6.45) is -58.4. The molecule has 0 bridgehead atoms. The van der Waals surface area contributed by atoms with Gasteiger partial charge in [-0.25, -0.2) is 4.79 Å². The van der Waals surface area contributed by atoms with Crippen LogP contribution in [-0.2, 0) is 66.5 Å². The van der Waals surface area contributed by atoms with Gasteiger partial charge in [0, 0.05) is 20.3 Å². The van der Waals surface area contributed by atoms with E-state index in [-0.39, 0.29) is 0 Å². The molecule has 0 aliphatic carbocycles. The van der Waals surface area contributed by atoms with E-state index in [0.717, 1.165) is 13.8 Å². The zero-order chi connectivity index (χ0) is 58.0. The van der Waals surface area contributed by atoms with Crippen LogP contribution >= 0.6 is 0 Å². The van der Waals surface area contributed by atoms with Crippen molar-refractivity contribution >= 4 is 17.8 Å². The first-order valence-corrected chi connectivity index (χ1v) is 24.6. The molecule has 31 unspecified atom stereocenters. The highest BCUT2D eigenvalue weighted by Gasteiger charge is 2.62. The van der Waals surface area contributed by atoms with Gasteiger partial charge in [0.15, 0.2) is 31.5 Å². The molecular weight excluding hydrogens is 1070 g/mol. The number of amides is 2. The molecule has 6 heterocycles. The first-order chi connectivity index (χ1) is 36.7. The molecule has 0 spiro atoms. The maximum Gasteiger partial charge on any atom is 0.364 e. The number of carbonyl (C=O) groups is 3. The summed E-state index contributed by atoms with van der Waals surface area (Å²) < 4.78 is 63.7. The summed E-state index contributed by atoms with van der Waals surface area (Å²) in [6, 6.07) is -3.70. The number of carbonyl (C=O) groups excluding carboxylic acids is 2. The summed E-state index contributed by atoms with van der Waals surface area (Å²) in [5, 5.41) is 209. The fraction of sp³-hybridized carbons (Fsp3) is 0.930. The summed E-state index contributed by atoms with van der Waals surface area (Å²) in [5.74, 6) is -7.22. The lowest BCUT2D eigenvalue weighted by Crippen LogP contribution is -2.72. The van der Waals surface area contributed by atoms with Crippen LogP contribution in [0, 0.1) is 0 Å². The van der Waals surface area contributed by atoms with Gasteiger partial charge in [-0.1, -0.05) is 0 Å². The zero-order valence-corrected chi connectivity index (χ0v) is 41.8. The molecule has 21 N–H and O–H groups in total. The molecule has 2 amide bonds. The second-order valence-electron chi connectivity index (χ2n) is 19.6. The average molecular weight is 1150 g/mol. The van der Waals surface area contributed by atoms with Crippen LogP contribution < -0.4 is 10.6 Å². The Morgan fingerprint density at radius 2 is 1.00 bits per heavy atom. The van der Waals surface area contributed by atoms with Crippen molar-refractivity contribution in [2.75, 3.05) is 33.0 Å². The predicted molar refractivity (Wildman–Crippen MR) is 238 cm³/mol. The summed E-state index contributed by atoms with van der Waals surface area (Å²) in [7, 11) is 0. The fourth-order valence-corrected chi connectivity index (χ4v) is 9.96. The zero-order valence-electron chi connectivity index (χ0n) is 41.8. The van der Waals surface area contributed by atoms with Gasteiger partial charge < -0.3 is 160 Å². The van der Waals surface area contributed by atoms with Crippen molar-refractivity contribution in [3.63, 3.8) is 0 Å². The summed E-state index contributed by atoms with van der Waals surface area (Å²) in [5.41, 5.74) is 0. The van der Waals surface area contributed by atoms with Gasteiger partial charge in [-0.2, -0.15) is 0 Å². The summed E-state index contributed by atoms with van der Waals surface area (Å²) >= 11 is 0. The third kappa shape index (κ3) is 13.5. The Morgan fingerprint density at radius 3 is 1.54 bits per heavy atom. The highest BCUT2D eigenvalue weighted by atomic mass is 16.8. The van der Waals surface area contributed by atoms with E-state index < -0.39 is 247 Å². The van der Waals surface area contributed by atoms with Crippen LogP contribution in [0.4, 0.5) is 0 Å². The third-order valence-corrected chi connectivity index (χ3v) is 14.2. The largest absolute Gasteiger partial charge is 0.477 e. The van der Waals surface area contributed by atoms with Gasteiger partial charge in [-0.05, 0) is 6.92 Å². The highest BCUT2D eigenvalue weighted by Crippen LogP contribution is 2.40. The topological polar surface area (TPSA) is 561 Å². The minimum Gasteiger partial charge on any atom is -0.477 e. The van der Waals surface area contributed by atoms with Gasteiger partial charge in [-0.3, -0.25) is 9.59 Å². The number of carboxylic acid groups (broad SMARTS) is 1. The molecule has 6 rings (SSSR count).